The molecule has 26 heavy (non-hydrogen) atoms. The summed E-state index contributed by atoms with van der Waals surface area (Å²) in [6, 6.07) is 3.88. The molecule has 1 aliphatic heterocycles. The van der Waals surface area contributed by atoms with Crippen LogP contribution in [0.1, 0.15) is 37.7 Å². The number of carbonyl (C=O) groups excluding carboxylic acids is 2. The molecule has 2 heterocycles. The third kappa shape index (κ3) is 3.21. The zero-order chi connectivity index (χ0) is 18.6. The van der Waals surface area contributed by atoms with Crippen LogP contribution in [0.2, 0.25) is 0 Å². The number of hydrogen-bond acceptors (Lipinski definition) is 6. The van der Waals surface area contributed by atoms with Gasteiger partial charge in [-0.2, -0.15) is 0 Å². The van der Waals surface area contributed by atoms with E-state index in [9.17, 15) is 9.59 Å². The van der Waals surface area contributed by atoms with Gasteiger partial charge in [-0.05, 0) is 25.3 Å². The molecule has 1 unspecified atom stereocenters. The van der Waals surface area contributed by atoms with Crippen LogP contribution in [0.5, 0.6) is 0 Å². The second-order valence-electron chi connectivity index (χ2n) is 6.00. The lowest BCUT2D eigenvalue weighted by atomic mass is 9.72. The van der Waals surface area contributed by atoms with Crippen LogP contribution < -0.4 is 0 Å². The molecule has 2 aliphatic rings. The van der Waals surface area contributed by atoms with Crippen LogP contribution in [-0.4, -0.2) is 25.2 Å². The summed E-state index contributed by atoms with van der Waals surface area (Å²) in [6.07, 6.45) is 7.66. The average Bonchev–Trinajstić information content (AvgIpc) is 3.06. The Morgan fingerprint density at radius 3 is 2.58 bits per heavy atom. The van der Waals surface area contributed by atoms with Gasteiger partial charge in [0.2, 0.25) is 0 Å². The predicted octanol–water partition coefficient (Wildman–Crippen LogP) is 4.09. The summed E-state index contributed by atoms with van der Waals surface area (Å²) in [4.78, 5) is 27.1. The minimum absolute atomic E-state index is 0.161. The van der Waals surface area contributed by atoms with Crippen molar-refractivity contribution >= 4 is 23.3 Å². The second-order valence-corrected chi connectivity index (χ2v) is 6.98. The Hall–Kier alpha value is -2.34. The van der Waals surface area contributed by atoms with Gasteiger partial charge in [0.15, 0.2) is 5.41 Å². The summed E-state index contributed by atoms with van der Waals surface area (Å²) in [6.45, 7) is 3.84. The highest BCUT2D eigenvalue weighted by Gasteiger charge is 2.57. The molecule has 0 bridgehead atoms. The van der Waals surface area contributed by atoms with Crippen molar-refractivity contribution < 1.29 is 23.8 Å². The Balaban J connectivity index is 2.15. The number of carbonyl (C=O) groups is 2. The number of thiophene rings is 1. The van der Waals surface area contributed by atoms with E-state index in [2.05, 4.69) is 0 Å². The van der Waals surface area contributed by atoms with Crippen LogP contribution >= 0.6 is 11.3 Å². The second kappa shape index (κ2) is 7.91. The largest absolute Gasteiger partial charge is 0.489 e. The third-order valence-electron chi connectivity index (χ3n) is 4.46. The summed E-state index contributed by atoms with van der Waals surface area (Å²) < 4.78 is 16.9. The van der Waals surface area contributed by atoms with E-state index in [-0.39, 0.29) is 19.6 Å². The highest BCUT2D eigenvalue weighted by molar-refractivity contribution is 7.10. The molecule has 0 spiro atoms. The minimum Gasteiger partial charge on any atom is -0.489 e. The Kier molecular flexibility index (Phi) is 5.61. The van der Waals surface area contributed by atoms with Crippen molar-refractivity contribution in [1.29, 1.82) is 0 Å². The van der Waals surface area contributed by atoms with Crippen molar-refractivity contribution in [3.05, 3.63) is 58.0 Å². The number of esters is 2. The van der Waals surface area contributed by atoms with Crippen LogP contribution in [-0.2, 0) is 23.8 Å². The van der Waals surface area contributed by atoms with Crippen LogP contribution in [0.3, 0.4) is 0 Å². The zero-order valence-corrected chi connectivity index (χ0v) is 15.7. The van der Waals surface area contributed by atoms with Gasteiger partial charge in [0, 0.05) is 23.3 Å². The molecule has 1 aromatic rings. The van der Waals surface area contributed by atoms with E-state index in [1.165, 1.54) is 11.3 Å². The first-order valence-corrected chi connectivity index (χ1v) is 9.62. The number of hydrogen-bond donors (Lipinski definition) is 0. The van der Waals surface area contributed by atoms with Crippen molar-refractivity contribution in [3.8, 4) is 0 Å². The first kappa shape index (κ1) is 18.5. The fraction of sp³-hybridized carbons (Fsp3) is 0.400. The van der Waals surface area contributed by atoms with Gasteiger partial charge in [0.05, 0.1) is 13.2 Å². The Labute approximate surface area is 156 Å². The molecular weight excluding hydrogens is 352 g/mol. The van der Waals surface area contributed by atoms with Crippen molar-refractivity contribution in [3.63, 3.8) is 0 Å². The quantitative estimate of drug-likeness (QED) is 0.574. The molecule has 0 fully saturated rings. The highest BCUT2D eigenvalue weighted by Crippen LogP contribution is 2.50. The lowest BCUT2D eigenvalue weighted by Crippen LogP contribution is -2.47. The van der Waals surface area contributed by atoms with Crippen molar-refractivity contribution in [2.24, 2.45) is 5.41 Å². The van der Waals surface area contributed by atoms with E-state index in [0.717, 1.165) is 4.88 Å². The molecule has 1 aromatic heterocycles. The molecule has 0 saturated carbocycles. The maximum Gasteiger partial charge on any atom is 0.328 e. The highest BCUT2D eigenvalue weighted by atomic mass is 32.1. The molecule has 3 rings (SSSR count). The van der Waals surface area contributed by atoms with Crippen LogP contribution in [0.4, 0.5) is 0 Å². The van der Waals surface area contributed by atoms with Crippen LogP contribution in [0.25, 0.3) is 0 Å². The maximum atomic E-state index is 13.1. The number of rotatable bonds is 5. The first-order valence-electron chi connectivity index (χ1n) is 8.74. The van der Waals surface area contributed by atoms with E-state index in [4.69, 9.17) is 14.2 Å². The lowest BCUT2D eigenvalue weighted by molar-refractivity contribution is -0.173. The molecule has 0 N–H and O–H groups in total. The Bertz CT molecular complexity index is 739. The van der Waals surface area contributed by atoms with Gasteiger partial charge in [0.25, 0.3) is 0 Å². The smallest absolute Gasteiger partial charge is 0.328 e. The maximum absolute atomic E-state index is 13.1. The Morgan fingerprint density at radius 2 is 1.96 bits per heavy atom. The molecule has 1 atom stereocenters. The van der Waals surface area contributed by atoms with Gasteiger partial charge in [0.1, 0.15) is 11.9 Å². The zero-order valence-electron chi connectivity index (χ0n) is 14.9. The Morgan fingerprint density at radius 1 is 1.23 bits per heavy atom. The summed E-state index contributed by atoms with van der Waals surface area (Å²) in [5, 5.41) is 1.95. The molecular formula is C20H22O5S. The number of allylic oxidation sites excluding steroid dienone is 4. The average molecular weight is 374 g/mol. The summed E-state index contributed by atoms with van der Waals surface area (Å²) in [5.74, 6) is -0.550. The van der Waals surface area contributed by atoms with Gasteiger partial charge in [-0.3, -0.25) is 9.59 Å². The van der Waals surface area contributed by atoms with Crippen molar-refractivity contribution in [1.82, 2.24) is 0 Å². The molecule has 5 nitrogen and oxygen atoms in total. The van der Waals surface area contributed by atoms with E-state index in [1.54, 1.807) is 19.9 Å². The van der Waals surface area contributed by atoms with Gasteiger partial charge < -0.3 is 14.2 Å². The first-order chi connectivity index (χ1) is 12.6. The monoisotopic (exact) mass is 374 g/mol. The molecule has 138 valence electrons. The SMILES string of the molecule is CCOC(=O)C1(C(=O)OCC)CC(c2cccs2)OC2=C1C=CC=CC2. The standard InChI is InChI=1S/C20H22O5S/c1-3-23-18(21)20(19(22)24-4-2)13-16(17-11-8-12-26-17)25-15-10-7-5-6-9-14(15)20/h5-9,11-12,16H,3-4,10,13H2,1-2H3. The van der Waals surface area contributed by atoms with E-state index >= 15 is 0 Å². The lowest BCUT2D eigenvalue weighted by Gasteiger charge is -2.39. The van der Waals surface area contributed by atoms with E-state index in [0.29, 0.717) is 17.8 Å². The summed E-state index contributed by atoms with van der Waals surface area (Å²) in [5.41, 5.74) is -0.983. The molecule has 0 aromatic carbocycles. The minimum atomic E-state index is -1.52. The normalized spacial score (nSPS) is 20.8. The summed E-state index contributed by atoms with van der Waals surface area (Å²) >= 11 is 1.54. The van der Waals surface area contributed by atoms with E-state index in [1.807, 2.05) is 35.7 Å². The summed E-state index contributed by atoms with van der Waals surface area (Å²) in [7, 11) is 0. The van der Waals surface area contributed by atoms with Crippen molar-refractivity contribution in [2.45, 2.75) is 32.8 Å². The van der Waals surface area contributed by atoms with Gasteiger partial charge >= 0.3 is 11.9 Å². The van der Waals surface area contributed by atoms with Gasteiger partial charge in [-0.1, -0.05) is 30.4 Å². The van der Waals surface area contributed by atoms with Gasteiger partial charge in [-0.25, -0.2) is 0 Å². The molecule has 0 saturated heterocycles. The van der Waals surface area contributed by atoms with Crippen LogP contribution in [0.15, 0.2) is 53.1 Å². The number of ether oxygens (including phenoxy) is 3. The molecule has 6 heteroatoms. The van der Waals surface area contributed by atoms with Crippen molar-refractivity contribution in [2.75, 3.05) is 13.2 Å². The fourth-order valence-corrected chi connectivity index (χ4v) is 4.07. The van der Waals surface area contributed by atoms with Gasteiger partial charge in [-0.15, -0.1) is 11.3 Å². The molecule has 1 aliphatic carbocycles. The third-order valence-corrected chi connectivity index (χ3v) is 5.42. The topological polar surface area (TPSA) is 61.8 Å². The van der Waals surface area contributed by atoms with E-state index < -0.39 is 23.5 Å². The fourth-order valence-electron chi connectivity index (χ4n) is 3.31. The predicted molar refractivity (Wildman–Crippen MR) is 98.4 cm³/mol. The van der Waals surface area contributed by atoms with Crippen LogP contribution in [0, 0.1) is 5.41 Å². The molecule has 0 radical (unpaired) electrons. The molecule has 0 amide bonds.